The van der Waals surface area contributed by atoms with Crippen molar-refractivity contribution in [2.45, 2.75) is 72.5 Å². The minimum atomic E-state index is -0.197. The van der Waals surface area contributed by atoms with Crippen LogP contribution in [0.3, 0.4) is 0 Å². The fourth-order valence-electron chi connectivity index (χ4n) is 4.43. The van der Waals surface area contributed by atoms with Gasteiger partial charge in [-0.05, 0) is 32.6 Å². The van der Waals surface area contributed by atoms with Gasteiger partial charge in [0, 0.05) is 10.8 Å². The molecule has 0 amide bonds. The molecule has 4 fully saturated rings. The summed E-state index contributed by atoms with van der Waals surface area (Å²) in [7, 11) is 0. The summed E-state index contributed by atoms with van der Waals surface area (Å²) in [5.74, 6) is 0.234. The largest absolute Gasteiger partial charge is 0.462 e. The summed E-state index contributed by atoms with van der Waals surface area (Å²) in [4.78, 5) is 22.4. The third-order valence-corrected chi connectivity index (χ3v) is 6.82. The van der Waals surface area contributed by atoms with Crippen molar-refractivity contribution < 1.29 is 19.1 Å². The van der Waals surface area contributed by atoms with Gasteiger partial charge in [-0.1, -0.05) is 27.7 Å². The first-order valence-electron chi connectivity index (χ1n) is 8.02. The van der Waals surface area contributed by atoms with E-state index in [0.717, 1.165) is 25.7 Å². The zero-order valence-corrected chi connectivity index (χ0v) is 13.7. The number of hydrogen-bond acceptors (Lipinski definition) is 4. The third-order valence-electron chi connectivity index (χ3n) is 6.82. The van der Waals surface area contributed by atoms with Crippen molar-refractivity contribution in [1.29, 1.82) is 0 Å². The van der Waals surface area contributed by atoms with Gasteiger partial charge in [0.25, 0.3) is 0 Å². The molecule has 4 atom stereocenters. The third kappa shape index (κ3) is 1.80. The van der Waals surface area contributed by atoms with E-state index >= 15 is 0 Å². The second-order valence-corrected chi connectivity index (χ2v) is 8.36. The van der Waals surface area contributed by atoms with E-state index in [9.17, 15) is 9.59 Å². The van der Waals surface area contributed by atoms with Crippen molar-refractivity contribution in [2.75, 3.05) is 0 Å². The van der Waals surface area contributed by atoms with Crippen LogP contribution in [0, 0.1) is 22.2 Å². The van der Waals surface area contributed by atoms with Crippen molar-refractivity contribution >= 4 is 11.9 Å². The molecule has 0 aromatic heterocycles. The Bertz CT molecular complexity index is 493. The Morgan fingerprint density at radius 3 is 1.76 bits per heavy atom. The van der Waals surface area contributed by atoms with Gasteiger partial charge in [-0.2, -0.15) is 0 Å². The zero-order valence-electron chi connectivity index (χ0n) is 13.7. The highest BCUT2D eigenvalue weighted by atomic mass is 16.6. The highest BCUT2D eigenvalue weighted by Crippen LogP contribution is 2.59. The molecule has 4 heteroatoms. The normalized spacial score (nSPS) is 44.1. The molecule has 0 aromatic carbocycles. The maximum absolute atomic E-state index is 11.4. The van der Waals surface area contributed by atoms with Gasteiger partial charge < -0.3 is 9.47 Å². The van der Waals surface area contributed by atoms with Crippen LogP contribution in [-0.4, -0.2) is 24.1 Å². The fraction of sp³-hybridized carbons (Fsp3) is 0.882. The summed E-state index contributed by atoms with van der Waals surface area (Å²) in [6.45, 7) is 10.5. The molecule has 2 aliphatic carbocycles. The molecule has 2 saturated carbocycles. The number of carbonyl (C=O) groups is 2. The number of esters is 2. The number of fused-ring (bicyclic) bond motifs is 4. The monoisotopic (exact) mass is 294 g/mol. The second kappa shape index (κ2) is 4.23. The van der Waals surface area contributed by atoms with Crippen molar-refractivity contribution in [3.8, 4) is 0 Å². The Morgan fingerprint density at radius 2 is 1.57 bits per heavy atom. The molecule has 4 unspecified atom stereocenters. The first-order valence-corrected chi connectivity index (χ1v) is 8.02. The molecule has 4 aliphatic rings. The van der Waals surface area contributed by atoms with Gasteiger partial charge in [0.2, 0.25) is 0 Å². The van der Waals surface area contributed by atoms with Gasteiger partial charge in [-0.15, -0.1) is 0 Å². The molecule has 2 heterocycles. The van der Waals surface area contributed by atoms with E-state index in [1.165, 1.54) is 0 Å². The standard InChI is InChI=1S/C9H14O2.C8H12O2/c1-8(2)6-4-5-9(8,3)7(10)11-6;1-8(2)5-3-4-6(8)10-7(5)9/h6H,4-5H2,1-3H3;5-6H,3-4H2,1-2H3. The average Bonchev–Trinajstić information content (AvgIpc) is 2.93. The van der Waals surface area contributed by atoms with E-state index in [-0.39, 0.29) is 46.3 Å². The number of carbonyl (C=O) groups excluding carboxylic acids is 2. The molecule has 21 heavy (non-hydrogen) atoms. The van der Waals surface area contributed by atoms with Crippen molar-refractivity contribution in [3.63, 3.8) is 0 Å². The molecule has 0 aromatic rings. The maximum Gasteiger partial charge on any atom is 0.312 e. The van der Waals surface area contributed by atoms with E-state index in [1.807, 2.05) is 6.92 Å². The SMILES string of the molecule is CC1(C)C2CCC1C(=O)O2.CC12CCC(OC1=O)C2(C)C. The van der Waals surface area contributed by atoms with Crippen LogP contribution >= 0.6 is 0 Å². The Kier molecular flexibility index (Phi) is 3.00. The maximum atomic E-state index is 11.4. The highest BCUT2D eigenvalue weighted by molar-refractivity contribution is 5.81. The minimum Gasteiger partial charge on any atom is -0.462 e. The molecule has 0 N–H and O–H groups in total. The van der Waals surface area contributed by atoms with Crippen LogP contribution in [0.2, 0.25) is 0 Å². The van der Waals surface area contributed by atoms with Gasteiger partial charge in [-0.25, -0.2) is 0 Å². The molecule has 2 aliphatic heterocycles. The quantitative estimate of drug-likeness (QED) is 0.644. The van der Waals surface area contributed by atoms with Crippen LogP contribution in [0.5, 0.6) is 0 Å². The van der Waals surface area contributed by atoms with Gasteiger partial charge in [0.1, 0.15) is 12.2 Å². The predicted molar refractivity (Wildman–Crippen MR) is 77.4 cm³/mol. The van der Waals surface area contributed by atoms with Crippen LogP contribution in [-0.2, 0) is 19.1 Å². The van der Waals surface area contributed by atoms with Gasteiger partial charge in [-0.3, -0.25) is 9.59 Å². The van der Waals surface area contributed by atoms with Gasteiger partial charge in [0.05, 0.1) is 11.3 Å². The highest BCUT2D eigenvalue weighted by Gasteiger charge is 2.64. The average molecular weight is 294 g/mol. The summed E-state index contributed by atoms with van der Waals surface area (Å²) in [6, 6.07) is 0. The van der Waals surface area contributed by atoms with Crippen LogP contribution in [0.1, 0.15) is 60.3 Å². The Labute approximate surface area is 126 Å². The summed E-state index contributed by atoms with van der Waals surface area (Å²) in [5, 5.41) is 0. The fourth-order valence-corrected chi connectivity index (χ4v) is 4.43. The van der Waals surface area contributed by atoms with Crippen LogP contribution in [0.25, 0.3) is 0 Å². The van der Waals surface area contributed by atoms with Crippen LogP contribution in [0.15, 0.2) is 0 Å². The Balaban J connectivity index is 0.000000126. The predicted octanol–water partition coefficient (Wildman–Crippen LogP) is 3.09. The summed E-state index contributed by atoms with van der Waals surface area (Å²) in [5.41, 5.74) is -0.0150. The van der Waals surface area contributed by atoms with Crippen molar-refractivity contribution in [2.24, 2.45) is 22.2 Å². The molecular formula is C17H26O4. The lowest BCUT2D eigenvalue weighted by atomic mass is 9.70. The van der Waals surface area contributed by atoms with Gasteiger partial charge >= 0.3 is 11.9 Å². The van der Waals surface area contributed by atoms with E-state index in [4.69, 9.17) is 9.47 Å². The zero-order chi connectivity index (χ0) is 15.6. The van der Waals surface area contributed by atoms with E-state index in [1.54, 1.807) is 0 Å². The van der Waals surface area contributed by atoms with Crippen LogP contribution < -0.4 is 0 Å². The smallest absolute Gasteiger partial charge is 0.312 e. The molecule has 4 nitrogen and oxygen atoms in total. The first-order chi connectivity index (χ1) is 9.60. The molecule has 0 spiro atoms. The first kappa shape index (κ1) is 14.9. The Morgan fingerprint density at radius 1 is 0.905 bits per heavy atom. The number of ether oxygens (including phenoxy) is 2. The van der Waals surface area contributed by atoms with Crippen molar-refractivity contribution in [3.05, 3.63) is 0 Å². The summed E-state index contributed by atoms with van der Waals surface area (Å²) >= 11 is 0. The molecule has 2 saturated heterocycles. The van der Waals surface area contributed by atoms with E-state index < -0.39 is 0 Å². The lowest BCUT2D eigenvalue weighted by Crippen LogP contribution is -2.32. The number of hydrogen-bond donors (Lipinski definition) is 0. The molecular weight excluding hydrogens is 268 g/mol. The molecule has 118 valence electrons. The molecule has 4 bridgehead atoms. The summed E-state index contributed by atoms with van der Waals surface area (Å²) < 4.78 is 10.4. The van der Waals surface area contributed by atoms with E-state index in [0.29, 0.717) is 0 Å². The van der Waals surface area contributed by atoms with E-state index in [2.05, 4.69) is 27.7 Å². The lowest BCUT2D eigenvalue weighted by Gasteiger charge is -2.27. The van der Waals surface area contributed by atoms with Crippen molar-refractivity contribution in [1.82, 2.24) is 0 Å². The topological polar surface area (TPSA) is 52.6 Å². The van der Waals surface area contributed by atoms with Crippen LogP contribution in [0.4, 0.5) is 0 Å². The second-order valence-electron chi connectivity index (χ2n) is 8.36. The summed E-state index contributed by atoms with van der Waals surface area (Å²) in [6.07, 6.45) is 4.56. The molecule has 0 radical (unpaired) electrons. The minimum absolute atomic E-state index is 0.0127. The van der Waals surface area contributed by atoms with Gasteiger partial charge in [0.15, 0.2) is 0 Å². The Hall–Kier alpha value is -1.06. The molecule has 4 rings (SSSR count). The lowest BCUT2D eigenvalue weighted by molar-refractivity contribution is -0.152. The number of rotatable bonds is 0.